The van der Waals surface area contributed by atoms with Gasteiger partial charge in [0.2, 0.25) is 0 Å². The first-order chi connectivity index (χ1) is 9.44. The molecule has 0 bridgehead atoms. The molecule has 0 aliphatic heterocycles. The van der Waals surface area contributed by atoms with E-state index in [2.05, 4.69) is 25.7 Å². The molecule has 0 amide bonds. The number of carboxylic acid groups (broad SMARTS) is 1. The van der Waals surface area contributed by atoms with Crippen LogP contribution in [0.15, 0.2) is 6.07 Å². The molecule has 0 atom stereocenters. The minimum absolute atomic E-state index is 0.406. The summed E-state index contributed by atoms with van der Waals surface area (Å²) >= 11 is 2.73. The van der Waals surface area contributed by atoms with Gasteiger partial charge >= 0.3 is 18.5 Å². The highest BCUT2D eigenvalue weighted by Crippen LogP contribution is 2.40. The number of hydrogen-bond donors (Lipinski definition) is 1. The van der Waals surface area contributed by atoms with Crippen LogP contribution in [0.2, 0.25) is 0 Å². The van der Waals surface area contributed by atoms with Crippen molar-refractivity contribution in [2.45, 2.75) is 24.3 Å². The Hall–Kier alpha value is -1.52. The Morgan fingerprint density at radius 3 is 2.24 bits per heavy atom. The highest BCUT2D eigenvalue weighted by atomic mass is 79.9. The molecule has 1 N–H and O–H groups in total. The van der Waals surface area contributed by atoms with Crippen LogP contribution in [0.25, 0.3) is 0 Å². The summed E-state index contributed by atoms with van der Waals surface area (Å²) in [4.78, 5) is 13.4. The lowest BCUT2D eigenvalue weighted by Crippen LogP contribution is -2.23. The molecule has 0 aliphatic carbocycles. The third-order valence-electron chi connectivity index (χ3n) is 2.07. The lowest BCUT2D eigenvalue weighted by atomic mass is 10.1. The molecule has 0 fully saturated rings. The number of hydrogen-bond acceptors (Lipinski definition) is 3. The van der Waals surface area contributed by atoms with E-state index in [1.165, 1.54) is 0 Å². The predicted molar refractivity (Wildman–Crippen MR) is 59.9 cm³/mol. The van der Waals surface area contributed by atoms with Crippen LogP contribution in [0, 0.1) is 0 Å². The fourth-order valence-corrected chi connectivity index (χ4v) is 1.83. The molecule has 0 unspecified atom stereocenters. The average molecular weight is 382 g/mol. The van der Waals surface area contributed by atoms with E-state index < -0.39 is 53.0 Å². The zero-order chi connectivity index (χ0) is 16.4. The van der Waals surface area contributed by atoms with Crippen molar-refractivity contribution in [3.63, 3.8) is 0 Å². The number of aromatic nitrogens is 1. The van der Waals surface area contributed by atoms with Crippen molar-refractivity contribution in [2.75, 3.05) is 0 Å². The van der Waals surface area contributed by atoms with E-state index in [0.717, 1.165) is 6.07 Å². The van der Waals surface area contributed by atoms with E-state index in [0.29, 0.717) is 0 Å². The SMILES string of the molecule is O=C(O)Cc1cc(CBr)c(OC(F)(F)F)c(C(F)(F)F)n1. The van der Waals surface area contributed by atoms with Crippen molar-refractivity contribution in [3.8, 4) is 5.75 Å². The summed E-state index contributed by atoms with van der Waals surface area (Å²) in [6.45, 7) is 0. The molecule has 1 aromatic rings. The number of nitrogens with zero attached hydrogens (tertiary/aromatic N) is 1. The quantitative estimate of drug-likeness (QED) is 0.640. The molecule has 0 spiro atoms. The van der Waals surface area contributed by atoms with Gasteiger partial charge in [-0.3, -0.25) is 4.79 Å². The molecule has 0 saturated carbocycles. The van der Waals surface area contributed by atoms with Gasteiger partial charge in [-0.2, -0.15) is 13.2 Å². The van der Waals surface area contributed by atoms with Crippen LogP contribution < -0.4 is 4.74 Å². The number of rotatable bonds is 4. The Morgan fingerprint density at radius 2 is 1.86 bits per heavy atom. The van der Waals surface area contributed by atoms with Gasteiger partial charge in [-0.25, -0.2) is 4.98 Å². The number of alkyl halides is 7. The predicted octanol–water partition coefficient (Wildman–Crippen LogP) is 3.52. The number of carboxylic acids is 1. The molecule has 0 aliphatic rings. The molecular formula is C10H6BrF6NO3. The first-order valence-electron chi connectivity index (χ1n) is 5.07. The molecule has 0 radical (unpaired) electrons. The van der Waals surface area contributed by atoms with E-state index in [1.807, 2.05) is 0 Å². The zero-order valence-electron chi connectivity index (χ0n) is 9.85. The minimum Gasteiger partial charge on any atom is -0.481 e. The van der Waals surface area contributed by atoms with Gasteiger partial charge in [0.1, 0.15) is 0 Å². The Kier molecular flexibility index (Phi) is 5.07. The number of pyridine rings is 1. The topological polar surface area (TPSA) is 59.4 Å². The first kappa shape index (κ1) is 17.5. The summed E-state index contributed by atoms with van der Waals surface area (Å²) in [6.07, 6.45) is -11.4. The lowest BCUT2D eigenvalue weighted by Gasteiger charge is -2.18. The van der Waals surface area contributed by atoms with Crippen LogP contribution in [0.1, 0.15) is 17.0 Å². The van der Waals surface area contributed by atoms with Crippen LogP contribution in [-0.4, -0.2) is 22.4 Å². The van der Waals surface area contributed by atoms with Crippen LogP contribution in [0.5, 0.6) is 5.75 Å². The van der Waals surface area contributed by atoms with Gasteiger partial charge in [0.25, 0.3) is 0 Å². The Morgan fingerprint density at radius 1 is 1.29 bits per heavy atom. The van der Waals surface area contributed by atoms with Crippen molar-refractivity contribution in [3.05, 3.63) is 23.0 Å². The molecule has 0 saturated heterocycles. The average Bonchev–Trinajstić information content (AvgIpc) is 2.26. The summed E-state index contributed by atoms with van der Waals surface area (Å²) in [7, 11) is 0. The maximum Gasteiger partial charge on any atom is 0.573 e. The maximum absolute atomic E-state index is 12.8. The molecular weight excluding hydrogens is 376 g/mol. The summed E-state index contributed by atoms with van der Waals surface area (Å²) in [5, 5.41) is 8.13. The number of halogens is 7. The third-order valence-corrected chi connectivity index (χ3v) is 2.67. The van der Waals surface area contributed by atoms with Gasteiger partial charge in [-0.05, 0) is 6.07 Å². The molecule has 118 valence electrons. The Balaban J connectivity index is 3.48. The fraction of sp³-hybridized carbons (Fsp3) is 0.400. The van der Waals surface area contributed by atoms with Crippen molar-refractivity contribution < 1.29 is 41.0 Å². The van der Waals surface area contributed by atoms with Crippen molar-refractivity contribution in [2.24, 2.45) is 0 Å². The molecule has 0 aromatic carbocycles. The van der Waals surface area contributed by atoms with Crippen LogP contribution in [0.4, 0.5) is 26.3 Å². The second-order valence-corrected chi connectivity index (χ2v) is 4.26. The summed E-state index contributed by atoms with van der Waals surface area (Å²) in [6, 6.07) is 0.805. The van der Waals surface area contributed by atoms with E-state index in [9.17, 15) is 31.1 Å². The van der Waals surface area contributed by atoms with E-state index in [1.54, 1.807) is 0 Å². The van der Waals surface area contributed by atoms with E-state index in [-0.39, 0.29) is 0 Å². The Labute approximate surface area is 121 Å². The van der Waals surface area contributed by atoms with Gasteiger partial charge < -0.3 is 9.84 Å². The molecule has 1 heterocycles. The summed E-state index contributed by atoms with van der Waals surface area (Å²) in [5.74, 6) is -2.97. The fourth-order valence-electron chi connectivity index (χ4n) is 1.41. The number of ether oxygens (including phenoxy) is 1. The molecule has 1 aromatic heterocycles. The van der Waals surface area contributed by atoms with Gasteiger partial charge in [0.15, 0.2) is 11.4 Å². The highest BCUT2D eigenvalue weighted by molar-refractivity contribution is 9.08. The highest BCUT2D eigenvalue weighted by Gasteiger charge is 2.42. The molecule has 4 nitrogen and oxygen atoms in total. The number of carbonyl (C=O) groups is 1. The molecule has 1 rings (SSSR count). The smallest absolute Gasteiger partial charge is 0.481 e. The second kappa shape index (κ2) is 6.08. The lowest BCUT2D eigenvalue weighted by molar-refractivity contribution is -0.276. The van der Waals surface area contributed by atoms with Crippen molar-refractivity contribution >= 4 is 21.9 Å². The minimum atomic E-state index is -5.34. The molecule has 21 heavy (non-hydrogen) atoms. The van der Waals surface area contributed by atoms with Gasteiger partial charge in [-0.15, -0.1) is 13.2 Å². The molecule has 11 heteroatoms. The summed E-state index contributed by atoms with van der Waals surface area (Å²) in [5.41, 5.74) is -2.96. The standard InChI is InChI=1S/C10H6BrF6NO3/c11-3-4-1-5(2-6(19)20)18-8(9(12,13)14)7(4)21-10(15,16)17/h1H,2-3H2,(H,19,20). The normalized spacial score (nSPS) is 12.3. The number of aliphatic carboxylic acids is 1. The van der Waals surface area contributed by atoms with Gasteiger partial charge in [0.05, 0.1) is 12.1 Å². The van der Waals surface area contributed by atoms with Gasteiger partial charge in [0, 0.05) is 10.9 Å². The zero-order valence-corrected chi connectivity index (χ0v) is 11.4. The van der Waals surface area contributed by atoms with Crippen molar-refractivity contribution in [1.82, 2.24) is 4.98 Å². The largest absolute Gasteiger partial charge is 0.573 e. The van der Waals surface area contributed by atoms with E-state index >= 15 is 0 Å². The first-order valence-corrected chi connectivity index (χ1v) is 6.19. The van der Waals surface area contributed by atoms with E-state index in [4.69, 9.17) is 5.11 Å². The van der Waals surface area contributed by atoms with Crippen molar-refractivity contribution in [1.29, 1.82) is 0 Å². The van der Waals surface area contributed by atoms with Crippen LogP contribution in [0.3, 0.4) is 0 Å². The maximum atomic E-state index is 12.8. The Bertz CT molecular complexity index is 543. The second-order valence-electron chi connectivity index (χ2n) is 3.70. The van der Waals surface area contributed by atoms with Crippen LogP contribution >= 0.6 is 15.9 Å². The van der Waals surface area contributed by atoms with Crippen LogP contribution in [-0.2, 0) is 22.7 Å². The van der Waals surface area contributed by atoms with Gasteiger partial charge in [-0.1, -0.05) is 15.9 Å². The third kappa shape index (κ3) is 5.06. The summed E-state index contributed by atoms with van der Waals surface area (Å²) < 4.78 is 78.4. The monoisotopic (exact) mass is 381 g/mol.